The molecule has 0 spiro atoms. The third kappa shape index (κ3) is 5.33. The molecule has 0 saturated heterocycles. The minimum absolute atomic E-state index is 0.371. The number of methoxy groups -OCH3 is 1. The van der Waals surface area contributed by atoms with Crippen LogP contribution in [-0.2, 0) is 20.9 Å². The average molecular weight is 403 g/mol. The van der Waals surface area contributed by atoms with Crippen LogP contribution in [0.1, 0.15) is 38.7 Å². The zero-order valence-corrected chi connectivity index (χ0v) is 17.3. The number of esters is 1. The SMILES string of the molecule is COCc1ccc(C(=O)O[C@@H](C(=O)Nc2cc(C)ccc2C)c2ccccc2)cc1. The highest BCUT2D eigenvalue weighted by atomic mass is 16.5. The van der Waals surface area contributed by atoms with Crippen LogP contribution in [0.15, 0.2) is 72.8 Å². The highest BCUT2D eigenvalue weighted by Crippen LogP contribution is 2.24. The lowest BCUT2D eigenvalue weighted by Crippen LogP contribution is -2.26. The van der Waals surface area contributed by atoms with E-state index in [0.29, 0.717) is 23.4 Å². The zero-order chi connectivity index (χ0) is 21.5. The maximum atomic E-state index is 13.1. The van der Waals surface area contributed by atoms with Gasteiger partial charge in [0.15, 0.2) is 0 Å². The molecule has 30 heavy (non-hydrogen) atoms. The second-order valence-electron chi connectivity index (χ2n) is 7.13. The molecule has 0 aliphatic heterocycles. The van der Waals surface area contributed by atoms with E-state index in [9.17, 15) is 9.59 Å². The van der Waals surface area contributed by atoms with Crippen LogP contribution >= 0.6 is 0 Å². The summed E-state index contributed by atoms with van der Waals surface area (Å²) in [7, 11) is 1.61. The van der Waals surface area contributed by atoms with Crippen molar-refractivity contribution < 1.29 is 19.1 Å². The van der Waals surface area contributed by atoms with Gasteiger partial charge in [-0.15, -0.1) is 0 Å². The molecule has 3 rings (SSSR count). The fourth-order valence-corrected chi connectivity index (χ4v) is 3.05. The normalized spacial score (nSPS) is 11.6. The molecule has 3 aromatic rings. The van der Waals surface area contributed by atoms with Gasteiger partial charge in [0.25, 0.3) is 5.91 Å². The van der Waals surface area contributed by atoms with Gasteiger partial charge in [0.05, 0.1) is 12.2 Å². The Labute approximate surface area is 176 Å². The highest BCUT2D eigenvalue weighted by molar-refractivity contribution is 5.98. The Kier molecular flexibility index (Phi) is 6.99. The molecule has 3 aromatic carbocycles. The lowest BCUT2D eigenvalue weighted by Gasteiger charge is -2.19. The molecule has 5 nitrogen and oxygen atoms in total. The molecule has 0 fully saturated rings. The van der Waals surface area contributed by atoms with Crippen LogP contribution in [0, 0.1) is 13.8 Å². The molecule has 5 heteroatoms. The largest absolute Gasteiger partial charge is 0.444 e. The van der Waals surface area contributed by atoms with Gasteiger partial charge >= 0.3 is 5.97 Å². The van der Waals surface area contributed by atoms with E-state index in [1.54, 1.807) is 55.6 Å². The zero-order valence-electron chi connectivity index (χ0n) is 17.3. The predicted octanol–water partition coefficient (Wildman–Crippen LogP) is 4.99. The van der Waals surface area contributed by atoms with Gasteiger partial charge in [-0.1, -0.05) is 54.6 Å². The molecule has 0 aliphatic rings. The Morgan fingerprint density at radius 1 is 0.933 bits per heavy atom. The van der Waals surface area contributed by atoms with Crippen molar-refractivity contribution in [3.05, 3.63) is 101 Å². The topological polar surface area (TPSA) is 64.6 Å². The number of aryl methyl sites for hydroxylation is 2. The van der Waals surface area contributed by atoms with Gasteiger partial charge in [0, 0.05) is 18.4 Å². The van der Waals surface area contributed by atoms with Crippen molar-refractivity contribution >= 4 is 17.6 Å². The van der Waals surface area contributed by atoms with E-state index >= 15 is 0 Å². The van der Waals surface area contributed by atoms with Gasteiger partial charge in [0.1, 0.15) is 0 Å². The molecular weight excluding hydrogens is 378 g/mol. The first-order valence-electron chi connectivity index (χ1n) is 9.70. The summed E-state index contributed by atoms with van der Waals surface area (Å²) in [6.45, 7) is 4.33. The average Bonchev–Trinajstić information content (AvgIpc) is 2.75. The number of carbonyl (C=O) groups excluding carboxylic acids is 2. The van der Waals surface area contributed by atoms with Crippen molar-refractivity contribution in [2.45, 2.75) is 26.6 Å². The summed E-state index contributed by atoms with van der Waals surface area (Å²) >= 11 is 0. The first kappa shape index (κ1) is 21.3. The lowest BCUT2D eigenvalue weighted by atomic mass is 10.1. The summed E-state index contributed by atoms with van der Waals surface area (Å²) in [5, 5.41) is 2.90. The molecule has 1 amide bonds. The van der Waals surface area contributed by atoms with Crippen molar-refractivity contribution in [2.24, 2.45) is 0 Å². The van der Waals surface area contributed by atoms with E-state index in [1.807, 2.05) is 38.1 Å². The van der Waals surface area contributed by atoms with Crippen molar-refractivity contribution in [2.75, 3.05) is 12.4 Å². The standard InChI is InChI=1S/C25H25NO4/c1-17-9-10-18(2)22(15-17)26-24(27)23(20-7-5-4-6-8-20)30-25(28)21-13-11-19(12-14-21)16-29-3/h4-15,23H,16H2,1-3H3,(H,26,27)/t23-/m1/s1. The molecule has 0 heterocycles. The fourth-order valence-electron chi connectivity index (χ4n) is 3.05. The molecule has 0 radical (unpaired) electrons. The molecule has 1 atom stereocenters. The summed E-state index contributed by atoms with van der Waals surface area (Å²) < 4.78 is 10.7. The van der Waals surface area contributed by atoms with E-state index < -0.39 is 18.0 Å². The van der Waals surface area contributed by atoms with E-state index in [0.717, 1.165) is 16.7 Å². The van der Waals surface area contributed by atoms with E-state index in [4.69, 9.17) is 9.47 Å². The molecule has 0 aliphatic carbocycles. The number of anilines is 1. The van der Waals surface area contributed by atoms with Crippen LogP contribution in [-0.4, -0.2) is 19.0 Å². The van der Waals surface area contributed by atoms with Crippen LogP contribution < -0.4 is 5.32 Å². The first-order valence-corrected chi connectivity index (χ1v) is 9.70. The number of rotatable bonds is 7. The quantitative estimate of drug-likeness (QED) is 0.565. The number of hydrogen-bond acceptors (Lipinski definition) is 4. The third-order valence-corrected chi connectivity index (χ3v) is 4.72. The monoisotopic (exact) mass is 403 g/mol. The second-order valence-corrected chi connectivity index (χ2v) is 7.13. The summed E-state index contributed by atoms with van der Waals surface area (Å²) in [6, 6.07) is 21.7. The maximum absolute atomic E-state index is 13.1. The van der Waals surface area contributed by atoms with Crippen molar-refractivity contribution in [1.29, 1.82) is 0 Å². The number of carbonyl (C=O) groups is 2. The number of benzene rings is 3. The minimum Gasteiger partial charge on any atom is -0.444 e. The van der Waals surface area contributed by atoms with Gasteiger partial charge in [-0.2, -0.15) is 0 Å². The Hall–Kier alpha value is -3.44. The molecule has 1 N–H and O–H groups in total. The molecule has 154 valence electrons. The predicted molar refractivity (Wildman–Crippen MR) is 116 cm³/mol. The summed E-state index contributed by atoms with van der Waals surface area (Å²) in [5.74, 6) is -0.969. The number of ether oxygens (including phenoxy) is 2. The maximum Gasteiger partial charge on any atom is 0.339 e. The van der Waals surface area contributed by atoms with Crippen molar-refractivity contribution in [1.82, 2.24) is 0 Å². The van der Waals surface area contributed by atoms with Crippen LogP contribution in [0.5, 0.6) is 0 Å². The molecule has 0 saturated carbocycles. The fraction of sp³-hybridized carbons (Fsp3) is 0.200. The first-order chi connectivity index (χ1) is 14.5. The third-order valence-electron chi connectivity index (χ3n) is 4.72. The minimum atomic E-state index is -1.07. The number of nitrogens with one attached hydrogen (secondary N) is 1. The Morgan fingerprint density at radius 2 is 1.63 bits per heavy atom. The van der Waals surface area contributed by atoms with Crippen LogP contribution in [0.2, 0.25) is 0 Å². The number of amides is 1. The number of hydrogen-bond donors (Lipinski definition) is 1. The van der Waals surface area contributed by atoms with Crippen LogP contribution in [0.3, 0.4) is 0 Å². The molecule has 0 aromatic heterocycles. The summed E-state index contributed by atoms with van der Waals surface area (Å²) in [6.07, 6.45) is -1.07. The molecule has 0 bridgehead atoms. The van der Waals surface area contributed by atoms with Gasteiger partial charge in [-0.3, -0.25) is 4.79 Å². The van der Waals surface area contributed by atoms with Gasteiger partial charge in [-0.25, -0.2) is 4.79 Å². The van der Waals surface area contributed by atoms with Crippen LogP contribution in [0.25, 0.3) is 0 Å². The summed E-state index contributed by atoms with van der Waals surface area (Å²) in [4.78, 5) is 25.8. The summed E-state index contributed by atoms with van der Waals surface area (Å²) in [5.41, 5.74) is 4.57. The lowest BCUT2D eigenvalue weighted by molar-refractivity contribution is -0.125. The Balaban J connectivity index is 1.83. The van der Waals surface area contributed by atoms with Crippen LogP contribution in [0.4, 0.5) is 5.69 Å². The smallest absolute Gasteiger partial charge is 0.339 e. The Bertz CT molecular complexity index is 1010. The van der Waals surface area contributed by atoms with Crippen molar-refractivity contribution in [3.63, 3.8) is 0 Å². The molecule has 0 unspecified atom stereocenters. The van der Waals surface area contributed by atoms with Gasteiger partial charge < -0.3 is 14.8 Å². The van der Waals surface area contributed by atoms with E-state index in [2.05, 4.69) is 5.32 Å². The highest BCUT2D eigenvalue weighted by Gasteiger charge is 2.26. The van der Waals surface area contributed by atoms with Gasteiger partial charge in [-0.05, 0) is 48.7 Å². The Morgan fingerprint density at radius 3 is 2.30 bits per heavy atom. The van der Waals surface area contributed by atoms with Crippen molar-refractivity contribution in [3.8, 4) is 0 Å². The van der Waals surface area contributed by atoms with E-state index in [1.165, 1.54) is 0 Å². The van der Waals surface area contributed by atoms with E-state index in [-0.39, 0.29) is 0 Å². The van der Waals surface area contributed by atoms with Gasteiger partial charge in [0.2, 0.25) is 6.10 Å². The molecular formula is C25H25NO4. The second kappa shape index (κ2) is 9.85.